The molecule has 164 valence electrons. The highest BCUT2D eigenvalue weighted by Crippen LogP contribution is 2.32. The Morgan fingerprint density at radius 1 is 1.03 bits per heavy atom. The molecule has 6 heteroatoms. The number of anilines is 1. The van der Waals surface area contributed by atoms with Gasteiger partial charge in [-0.05, 0) is 73.9 Å². The number of nitrogens with zero attached hydrogens (tertiary/aromatic N) is 1. The second-order valence-corrected chi connectivity index (χ2v) is 8.65. The number of carbonyl (C=O) groups excluding carboxylic acids is 1. The van der Waals surface area contributed by atoms with Crippen molar-refractivity contribution in [3.8, 4) is 17.2 Å². The number of nitrogens with one attached hydrogen (secondary N) is 1. The Morgan fingerprint density at radius 2 is 1.84 bits per heavy atom. The van der Waals surface area contributed by atoms with E-state index in [2.05, 4.69) is 24.1 Å². The summed E-state index contributed by atoms with van der Waals surface area (Å²) in [7, 11) is 0. The number of benzene rings is 3. The minimum Gasteiger partial charge on any atom is -0.491 e. The highest BCUT2D eigenvalue weighted by atomic mass is 35.5. The molecule has 0 radical (unpaired) electrons. The molecular formula is C26H25ClN2O3. The zero-order valence-corrected chi connectivity index (χ0v) is 19.2. The first-order chi connectivity index (χ1) is 15.3. The Morgan fingerprint density at radius 3 is 2.59 bits per heavy atom. The predicted octanol–water partition coefficient (Wildman–Crippen LogP) is 7.31. The van der Waals surface area contributed by atoms with E-state index in [1.165, 1.54) is 5.56 Å². The first-order valence-corrected chi connectivity index (χ1v) is 11.0. The lowest BCUT2D eigenvalue weighted by molar-refractivity contribution is 0.102. The Labute approximate surface area is 192 Å². The quantitative estimate of drug-likeness (QED) is 0.335. The van der Waals surface area contributed by atoms with Gasteiger partial charge >= 0.3 is 0 Å². The molecule has 0 atom stereocenters. The number of amides is 1. The lowest BCUT2D eigenvalue weighted by Gasteiger charge is -2.12. The molecule has 3 aromatic carbocycles. The van der Waals surface area contributed by atoms with E-state index < -0.39 is 0 Å². The minimum atomic E-state index is -0.280. The molecule has 0 unspecified atom stereocenters. The normalized spacial score (nSPS) is 11.3. The minimum absolute atomic E-state index is 0.0207. The van der Waals surface area contributed by atoms with Gasteiger partial charge in [-0.3, -0.25) is 4.79 Å². The summed E-state index contributed by atoms with van der Waals surface area (Å²) in [5.74, 6) is 1.24. The van der Waals surface area contributed by atoms with Gasteiger partial charge in [0.05, 0.1) is 16.8 Å². The van der Waals surface area contributed by atoms with Gasteiger partial charge in [-0.2, -0.15) is 0 Å². The molecular weight excluding hydrogens is 424 g/mol. The Bertz CT molecular complexity index is 1280. The molecule has 1 aromatic heterocycles. The number of hydrogen-bond acceptors (Lipinski definition) is 4. The number of ether oxygens (including phenoxy) is 1. The van der Waals surface area contributed by atoms with Crippen LogP contribution in [0.2, 0.25) is 5.02 Å². The molecule has 1 N–H and O–H groups in total. The molecule has 4 aromatic rings. The monoisotopic (exact) mass is 448 g/mol. The Kier molecular flexibility index (Phi) is 6.19. The van der Waals surface area contributed by atoms with Crippen LogP contribution in [0, 0.1) is 0 Å². The molecule has 0 bridgehead atoms. The van der Waals surface area contributed by atoms with E-state index >= 15 is 0 Å². The Hall–Kier alpha value is -3.31. The van der Waals surface area contributed by atoms with Gasteiger partial charge in [-0.1, -0.05) is 37.6 Å². The number of carbonyl (C=O) groups is 1. The SMILES string of the molecule is CC(C)Oc1cccc(C(=O)Nc2cc(-c3nc4cc(C(C)C)ccc4o3)ccc2Cl)c1. The lowest BCUT2D eigenvalue weighted by atomic mass is 10.0. The number of fused-ring (bicyclic) bond motifs is 1. The zero-order valence-electron chi connectivity index (χ0n) is 18.5. The molecule has 4 rings (SSSR count). The fraction of sp³-hybridized carbons (Fsp3) is 0.231. The number of rotatable bonds is 6. The number of hydrogen-bond donors (Lipinski definition) is 1. The van der Waals surface area contributed by atoms with Gasteiger partial charge in [-0.15, -0.1) is 0 Å². The summed E-state index contributed by atoms with van der Waals surface area (Å²) in [6, 6.07) is 18.4. The molecule has 0 spiro atoms. The van der Waals surface area contributed by atoms with Crippen LogP contribution in [-0.4, -0.2) is 17.0 Å². The van der Waals surface area contributed by atoms with E-state index in [4.69, 9.17) is 20.8 Å². The van der Waals surface area contributed by atoms with Crippen molar-refractivity contribution in [2.75, 3.05) is 5.32 Å². The molecule has 0 saturated heterocycles. The topological polar surface area (TPSA) is 64.4 Å². The van der Waals surface area contributed by atoms with Crippen LogP contribution in [0.25, 0.3) is 22.6 Å². The lowest BCUT2D eigenvalue weighted by Crippen LogP contribution is -2.13. The van der Waals surface area contributed by atoms with Crippen LogP contribution in [-0.2, 0) is 0 Å². The maximum Gasteiger partial charge on any atom is 0.255 e. The number of halogens is 1. The van der Waals surface area contributed by atoms with Gasteiger partial charge in [0, 0.05) is 11.1 Å². The molecule has 5 nitrogen and oxygen atoms in total. The fourth-order valence-corrected chi connectivity index (χ4v) is 3.52. The van der Waals surface area contributed by atoms with Crippen LogP contribution >= 0.6 is 11.6 Å². The summed E-state index contributed by atoms with van der Waals surface area (Å²) in [4.78, 5) is 17.5. The first-order valence-electron chi connectivity index (χ1n) is 10.6. The summed E-state index contributed by atoms with van der Waals surface area (Å²) in [6.07, 6.45) is 0.0207. The maximum atomic E-state index is 12.8. The van der Waals surface area contributed by atoms with Crippen molar-refractivity contribution in [3.63, 3.8) is 0 Å². The van der Waals surface area contributed by atoms with Crippen LogP contribution in [0.4, 0.5) is 5.69 Å². The van der Waals surface area contributed by atoms with Gasteiger partial charge in [0.15, 0.2) is 5.58 Å². The van der Waals surface area contributed by atoms with Crippen LogP contribution < -0.4 is 10.1 Å². The standard InChI is InChI=1S/C26H25ClN2O3/c1-15(2)17-9-11-24-23(13-17)29-26(32-24)19-8-10-21(27)22(14-19)28-25(30)18-6-5-7-20(12-18)31-16(3)4/h5-16H,1-4H3,(H,28,30). The molecule has 0 saturated carbocycles. The first kappa shape index (κ1) is 21.9. The average Bonchev–Trinajstić information content (AvgIpc) is 3.18. The van der Waals surface area contributed by atoms with E-state index in [0.717, 1.165) is 11.1 Å². The molecule has 0 aliphatic rings. The molecule has 0 aliphatic carbocycles. The molecule has 0 aliphatic heterocycles. The van der Waals surface area contributed by atoms with Crippen molar-refractivity contribution in [1.82, 2.24) is 4.98 Å². The van der Waals surface area contributed by atoms with Gasteiger partial charge in [0.2, 0.25) is 5.89 Å². The van der Waals surface area contributed by atoms with Crippen molar-refractivity contribution in [2.45, 2.75) is 39.7 Å². The van der Waals surface area contributed by atoms with Gasteiger partial charge in [0.1, 0.15) is 11.3 Å². The van der Waals surface area contributed by atoms with Gasteiger partial charge in [-0.25, -0.2) is 4.98 Å². The van der Waals surface area contributed by atoms with Gasteiger partial charge < -0.3 is 14.5 Å². The van der Waals surface area contributed by atoms with Crippen LogP contribution in [0.5, 0.6) is 5.75 Å². The zero-order chi connectivity index (χ0) is 22.8. The van der Waals surface area contributed by atoms with Crippen LogP contribution in [0.15, 0.2) is 65.1 Å². The molecule has 1 heterocycles. The van der Waals surface area contributed by atoms with Gasteiger partial charge in [0.25, 0.3) is 5.91 Å². The third kappa shape index (κ3) is 4.78. The summed E-state index contributed by atoms with van der Waals surface area (Å²) in [6.45, 7) is 8.16. The van der Waals surface area contributed by atoms with Crippen LogP contribution in [0.1, 0.15) is 49.5 Å². The average molecular weight is 449 g/mol. The highest BCUT2D eigenvalue weighted by molar-refractivity contribution is 6.34. The summed E-state index contributed by atoms with van der Waals surface area (Å²) in [5, 5.41) is 3.30. The van der Waals surface area contributed by atoms with Crippen molar-refractivity contribution >= 4 is 34.3 Å². The molecule has 0 fully saturated rings. The summed E-state index contributed by atoms with van der Waals surface area (Å²) < 4.78 is 11.6. The molecule has 32 heavy (non-hydrogen) atoms. The van der Waals surface area contributed by atoms with Crippen molar-refractivity contribution in [2.24, 2.45) is 0 Å². The van der Waals surface area contributed by atoms with E-state index in [1.54, 1.807) is 30.3 Å². The second kappa shape index (κ2) is 9.05. The number of oxazole rings is 1. The van der Waals surface area contributed by atoms with E-state index in [1.807, 2.05) is 44.2 Å². The summed E-state index contributed by atoms with van der Waals surface area (Å²) in [5.41, 5.74) is 4.40. The van der Waals surface area contributed by atoms with E-state index in [9.17, 15) is 4.79 Å². The largest absolute Gasteiger partial charge is 0.491 e. The van der Waals surface area contributed by atoms with Crippen LogP contribution in [0.3, 0.4) is 0 Å². The van der Waals surface area contributed by atoms with Crippen molar-refractivity contribution in [1.29, 1.82) is 0 Å². The van der Waals surface area contributed by atoms with Crippen molar-refractivity contribution in [3.05, 3.63) is 76.8 Å². The smallest absolute Gasteiger partial charge is 0.255 e. The number of aromatic nitrogens is 1. The maximum absolute atomic E-state index is 12.8. The molecule has 1 amide bonds. The van der Waals surface area contributed by atoms with E-state index in [0.29, 0.717) is 39.4 Å². The third-order valence-corrected chi connectivity index (χ3v) is 5.34. The predicted molar refractivity (Wildman–Crippen MR) is 129 cm³/mol. The third-order valence-electron chi connectivity index (χ3n) is 5.01. The van der Waals surface area contributed by atoms with Crippen molar-refractivity contribution < 1.29 is 13.9 Å². The van der Waals surface area contributed by atoms with E-state index in [-0.39, 0.29) is 12.0 Å². The summed E-state index contributed by atoms with van der Waals surface area (Å²) >= 11 is 6.36. The Balaban J connectivity index is 1.60. The fourth-order valence-electron chi connectivity index (χ4n) is 3.36. The second-order valence-electron chi connectivity index (χ2n) is 8.24. The highest BCUT2D eigenvalue weighted by Gasteiger charge is 2.14.